The Hall–Kier alpha value is -3.72. The summed E-state index contributed by atoms with van der Waals surface area (Å²) < 4.78 is 2.13. The summed E-state index contributed by atoms with van der Waals surface area (Å²) in [5.41, 5.74) is 6.93. The average Bonchev–Trinajstić information content (AvgIpc) is 3.12. The van der Waals surface area contributed by atoms with Gasteiger partial charge in [-0.3, -0.25) is 4.40 Å². The second-order valence-electron chi connectivity index (χ2n) is 6.42. The lowest BCUT2D eigenvalue weighted by Crippen LogP contribution is -1.95. The number of rotatable bonds is 3. The second kappa shape index (κ2) is 6.54. The highest BCUT2D eigenvalue weighted by atomic mass is 15.0. The first kappa shape index (κ1) is 15.5. The molecule has 3 aromatic carbocycles. The summed E-state index contributed by atoms with van der Waals surface area (Å²) in [7, 11) is 0. The Balaban J connectivity index is 1.75. The molecule has 3 heteroatoms. The average molecular weight is 347 g/mol. The molecule has 3 nitrogen and oxygen atoms in total. The van der Waals surface area contributed by atoms with Crippen LogP contribution in [0.1, 0.15) is 11.3 Å². The van der Waals surface area contributed by atoms with Crippen LogP contribution in [0.4, 0.5) is 0 Å². The maximum Gasteiger partial charge on any atom is 0.164 e. The minimum Gasteiger partial charge on any atom is -0.296 e. The van der Waals surface area contributed by atoms with E-state index in [-0.39, 0.29) is 0 Å². The zero-order valence-corrected chi connectivity index (χ0v) is 14.7. The quantitative estimate of drug-likeness (QED) is 0.418. The van der Waals surface area contributed by atoms with Gasteiger partial charge in [0.25, 0.3) is 0 Å². The first-order chi connectivity index (χ1) is 13.4. The molecule has 0 aliphatic carbocycles. The molecular weight excluding hydrogens is 330 g/mol. The Labute approximate surface area is 157 Å². The lowest BCUT2D eigenvalue weighted by Gasteiger charge is -2.06. The molecular formula is C24H17N3. The number of hydrogen-bond donors (Lipinski definition) is 0. The molecule has 2 aromatic heterocycles. The lowest BCUT2D eigenvalue weighted by molar-refractivity contribution is 1.14. The van der Waals surface area contributed by atoms with Crippen molar-refractivity contribution in [1.29, 1.82) is 0 Å². The number of para-hydroxylation sites is 2. The van der Waals surface area contributed by atoms with E-state index in [4.69, 9.17) is 9.97 Å². The van der Waals surface area contributed by atoms with Crippen LogP contribution in [0, 0.1) is 0 Å². The molecule has 5 aromatic rings. The van der Waals surface area contributed by atoms with Crippen LogP contribution in [0.25, 0.3) is 40.1 Å². The summed E-state index contributed by atoms with van der Waals surface area (Å²) in [5, 5.41) is 0. The molecule has 128 valence electrons. The summed E-state index contributed by atoms with van der Waals surface area (Å²) in [4.78, 5) is 9.72. The van der Waals surface area contributed by atoms with Crippen molar-refractivity contribution >= 4 is 28.8 Å². The first-order valence-corrected chi connectivity index (χ1v) is 8.95. The molecule has 2 heterocycles. The number of fused-ring (bicyclic) bond motifs is 3. The van der Waals surface area contributed by atoms with Crippen LogP contribution in [-0.2, 0) is 0 Å². The molecule has 0 aliphatic heterocycles. The Morgan fingerprint density at radius 2 is 1.37 bits per heavy atom. The van der Waals surface area contributed by atoms with Gasteiger partial charge in [0.15, 0.2) is 5.65 Å². The van der Waals surface area contributed by atoms with Crippen molar-refractivity contribution in [3.63, 3.8) is 0 Å². The number of nitrogens with zero attached hydrogens (tertiary/aromatic N) is 3. The van der Waals surface area contributed by atoms with Crippen LogP contribution in [0.5, 0.6) is 0 Å². The van der Waals surface area contributed by atoms with Crippen LogP contribution < -0.4 is 0 Å². The summed E-state index contributed by atoms with van der Waals surface area (Å²) in [6.07, 6.45) is 6.19. The Morgan fingerprint density at radius 1 is 0.667 bits per heavy atom. The van der Waals surface area contributed by atoms with Gasteiger partial charge < -0.3 is 0 Å². The first-order valence-electron chi connectivity index (χ1n) is 8.95. The normalized spacial score (nSPS) is 11.6. The highest BCUT2D eigenvalue weighted by molar-refractivity contribution is 5.85. The fourth-order valence-corrected chi connectivity index (χ4v) is 3.29. The standard InChI is InChI=1S/C24H17N3/c1-3-9-18(10-4-1)15-16-21-24-26-20-13-7-8-14-23(20)27(24)17-22(25-21)19-11-5-2-6-12-19/h1-17H/b16-15+. The lowest BCUT2D eigenvalue weighted by atomic mass is 10.1. The van der Waals surface area contributed by atoms with E-state index in [1.807, 2.05) is 60.7 Å². The fourth-order valence-electron chi connectivity index (χ4n) is 3.29. The van der Waals surface area contributed by atoms with Crippen LogP contribution >= 0.6 is 0 Å². The molecule has 0 spiro atoms. The fraction of sp³-hybridized carbons (Fsp3) is 0. The van der Waals surface area contributed by atoms with E-state index in [9.17, 15) is 0 Å². The zero-order valence-electron chi connectivity index (χ0n) is 14.7. The van der Waals surface area contributed by atoms with Gasteiger partial charge in [-0.25, -0.2) is 9.97 Å². The van der Waals surface area contributed by atoms with Crippen molar-refractivity contribution in [3.8, 4) is 11.3 Å². The maximum atomic E-state index is 4.91. The molecule has 0 atom stereocenters. The highest BCUT2D eigenvalue weighted by Crippen LogP contribution is 2.24. The van der Waals surface area contributed by atoms with E-state index in [0.717, 1.165) is 39.2 Å². The molecule has 0 aliphatic rings. The monoisotopic (exact) mass is 347 g/mol. The van der Waals surface area contributed by atoms with Crippen molar-refractivity contribution in [1.82, 2.24) is 14.4 Å². The van der Waals surface area contributed by atoms with Gasteiger partial charge in [-0.15, -0.1) is 0 Å². The molecule has 0 saturated carbocycles. The minimum absolute atomic E-state index is 0.858. The third-order valence-electron chi connectivity index (χ3n) is 4.62. The Morgan fingerprint density at radius 3 is 2.19 bits per heavy atom. The maximum absolute atomic E-state index is 4.91. The second-order valence-corrected chi connectivity index (χ2v) is 6.42. The van der Waals surface area contributed by atoms with E-state index in [1.54, 1.807) is 0 Å². The van der Waals surface area contributed by atoms with E-state index < -0.39 is 0 Å². The van der Waals surface area contributed by atoms with E-state index in [1.165, 1.54) is 0 Å². The van der Waals surface area contributed by atoms with Crippen molar-refractivity contribution in [2.45, 2.75) is 0 Å². The van der Waals surface area contributed by atoms with Crippen molar-refractivity contribution in [2.24, 2.45) is 0 Å². The van der Waals surface area contributed by atoms with Crippen LogP contribution in [-0.4, -0.2) is 14.4 Å². The van der Waals surface area contributed by atoms with Crippen LogP contribution in [0.2, 0.25) is 0 Å². The number of imidazole rings is 1. The number of hydrogen-bond acceptors (Lipinski definition) is 2. The van der Waals surface area contributed by atoms with Gasteiger partial charge >= 0.3 is 0 Å². The third-order valence-corrected chi connectivity index (χ3v) is 4.62. The predicted molar refractivity (Wildman–Crippen MR) is 111 cm³/mol. The molecule has 0 radical (unpaired) electrons. The van der Waals surface area contributed by atoms with E-state index in [2.05, 4.69) is 47.0 Å². The van der Waals surface area contributed by atoms with Crippen LogP contribution in [0.3, 0.4) is 0 Å². The molecule has 0 saturated heterocycles. The third kappa shape index (κ3) is 2.89. The number of benzene rings is 3. The molecule has 0 fully saturated rings. The van der Waals surface area contributed by atoms with Crippen molar-refractivity contribution in [2.75, 3.05) is 0 Å². The summed E-state index contributed by atoms with van der Waals surface area (Å²) in [6.45, 7) is 0. The smallest absolute Gasteiger partial charge is 0.164 e. The molecule has 0 amide bonds. The van der Waals surface area contributed by atoms with Gasteiger partial charge in [-0.05, 0) is 23.8 Å². The van der Waals surface area contributed by atoms with Crippen molar-refractivity contribution < 1.29 is 0 Å². The summed E-state index contributed by atoms with van der Waals surface area (Å²) >= 11 is 0. The molecule has 27 heavy (non-hydrogen) atoms. The van der Waals surface area contributed by atoms with Crippen LogP contribution in [0.15, 0.2) is 91.1 Å². The van der Waals surface area contributed by atoms with Gasteiger partial charge in [-0.1, -0.05) is 78.9 Å². The Bertz CT molecular complexity index is 1250. The van der Waals surface area contributed by atoms with E-state index >= 15 is 0 Å². The summed E-state index contributed by atoms with van der Waals surface area (Å²) in [5.74, 6) is 0. The Kier molecular flexibility index (Phi) is 3.76. The van der Waals surface area contributed by atoms with Gasteiger partial charge in [0, 0.05) is 11.8 Å². The number of aromatic nitrogens is 3. The minimum atomic E-state index is 0.858. The van der Waals surface area contributed by atoms with Gasteiger partial charge in [0.05, 0.1) is 16.7 Å². The largest absolute Gasteiger partial charge is 0.296 e. The highest BCUT2D eigenvalue weighted by Gasteiger charge is 2.11. The zero-order chi connectivity index (χ0) is 18.1. The predicted octanol–water partition coefficient (Wildman–Crippen LogP) is 5.72. The van der Waals surface area contributed by atoms with Gasteiger partial charge in [0.1, 0.15) is 5.69 Å². The van der Waals surface area contributed by atoms with Gasteiger partial charge in [0.2, 0.25) is 0 Å². The SMILES string of the molecule is C(=C\c1nc(-c2ccccc2)cn2c1nc1ccccc12)/c1ccccc1. The summed E-state index contributed by atoms with van der Waals surface area (Å²) in [6, 6.07) is 28.7. The molecule has 0 N–H and O–H groups in total. The van der Waals surface area contributed by atoms with E-state index in [0.29, 0.717) is 0 Å². The molecule has 0 unspecified atom stereocenters. The molecule has 5 rings (SSSR count). The molecule has 0 bridgehead atoms. The van der Waals surface area contributed by atoms with Gasteiger partial charge in [-0.2, -0.15) is 0 Å². The topological polar surface area (TPSA) is 30.2 Å². The van der Waals surface area contributed by atoms with Crippen molar-refractivity contribution in [3.05, 3.63) is 102 Å².